The SMILES string of the molecule is CC(NC(=O)C(C)(F)F)[C@@H]1CCC2(CNCCN3CCS(=O)(=O)CC3)CC[C@]3(C)[C@H](CC[C@@H]4[C@@]5(C)CC=C(c6ccc(C(=O)O)cc6)C(C)(C)[C@@H]5CC[C@]43C)[C@@H]12. The van der Waals surface area contributed by atoms with E-state index in [9.17, 15) is 31.9 Å². The number of carboxylic acids is 1. The summed E-state index contributed by atoms with van der Waals surface area (Å²) < 4.78 is 52.5. The Hall–Kier alpha value is -2.37. The number of benzene rings is 1. The molecule has 1 amide bonds. The van der Waals surface area contributed by atoms with Gasteiger partial charge in [-0.15, -0.1) is 0 Å². The normalized spacial score (nSPS) is 39.6. The van der Waals surface area contributed by atoms with Crippen LogP contribution in [0.1, 0.15) is 122 Å². The third-order valence-electron chi connectivity index (χ3n) is 17.6. The number of amides is 1. The first-order valence-corrected chi connectivity index (χ1v) is 23.3. The summed E-state index contributed by atoms with van der Waals surface area (Å²) in [5.74, 6) is -3.26. The van der Waals surface area contributed by atoms with Crippen molar-refractivity contribution in [3.05, 3.63) is 41.5 Å². The summed E-state index contributed by atoms with van der Waals surface area (Å²) in [5.41, 5.74) is 2.92. The van der Waals surface area contributed by atoms with Crippen LogP contribution in [0.3, 0.4) is 0 Å². The maximum Gasteiger partial charge on any atom is 0.335 e. The highest BCUT2D eigenvalue weighted by molar-refractivity contribution is 7.91. The lowest BCUT2D eigenvalue weighted by atomic mass is 9.32. The molecule has 8 nitrogen and oxygen atoms in total. The molecular formula is C45H67F2N3O5S. The monoisotopic (exact) mass is 799 g/mol. The third kappa shape index (κ3) is 6.89. The molecule has 0 aromatic heterocycles. The Morgan fingerprint density at radius 2 is 1.61 bits per heavy atom. The smallest absolute Gasteiger partial charge is 0.335 e. The zero-order valence-corrected chi connectivity index (χ0v) is 35.7. The second kappa shape index (κ2) is 14.4. The largest absolute Gasteiger partial charge is 0.478 e. The highest BCUT2D eigenvalue weighted by Gasteiger charge is 2.70. The molecule has 1 aromatic rings. The number of hydrogen-bond donors (Lipinski definition) is 3. The van der Waals surface area contributed by atoms with Crippen molar-refractivity contribution in [3.63, 3.8) is 0 Å². The Bertz CT molecular complexity index is 1810. The van der Waals surface area contributed by atoms with Crippen molar-refractivity contribution in [2.75, 3.05) is 44.2 Å². The molecule has 56 heavy (non-hydrogen) atoms. The minimum atomic E-state index is -3.43. The Morgan fingerprint density at radius 3 is 2.25 bits per heavy atom. The molecule has 0 spiro atoms. The molecule has 7 rings (SSSR count). The van der Waals surface area contributed by atoms with Gasteiger partial charge >= 0.3 is 11.9 Å². The molecule has 6 aliphatic rings. The van der Waals surface area contributed by atoms with Gasteiger partial charge in [-0.25, -0.2) is 13.2 Å². The summed E-state index contributed by atoms with van der Waals surface area (Å²) in [6.07, 6.45) is 12.1. The van der Waals surface area contributed by atoms with E-state index >= 15 is 0 Å². The maximum absolute atomic E-state index is 14.2. The Kier molecular flexibility index (Phi) is 10.8. The number of fused-ring (bicyclic) bond motifs is 7. The topological polar surface area (TPSA) is 116 Å². The Balaban J connectivity index is 1.15. The molecule has 1 aromatic carbocycles. The van der Waals surface area contributed by atoms with Crippen molar-refractivity contribution in [3.8, 4) is 0 Å². The van der Waals surface area contributed by atoms with Crippen LogP contribution < -0.4 is 10.6 Å². The fourth-order valence-electron chi connectivity index (χ4n) is 14.5. The molecule has 2 unspecified atom stereocenters. The predicted octanol–water partition coefficient (Wildman–Crippen LogP) is 7.94. The number of sulfone groups is 1. The number of alkyl halides is 2. The fourth-order valence-corrected chi connectivity index (χ4v) is 15.8. The lowest BCUT2D eigenvalue weighted by molar-refractivity contribution is -0.226. The van der Waals surface area contributed by atoms with Crippen LogP contribution in [0.5, 0.6) is 0 Å². The van der Waals surface area contributed by atoms with Gasteiger partial charge in [-0.3, -0.25) is 4.79 Å². The molecule has 4 saturated carbocycles. The van der Waals surface area contributed by atoms with Crippen molar-refractivity contribution in [2.45, 2.75) is 118 Å². The number of nitrogens with one attached hydrogen (secondary N) is 2. The van der Waals surface area contributed by atoms with Gasteiger partial charge in [-0.1, -0.05) is 52.8 Å². The second-order valence-electron chi connectivity index (χ2n) is 20.5. The number of carbonyl (C=O) groups is 2. The standard InChI is InChI=1S/C45H67F2N3O5S/c1-29(49-39(53)44(7,46)47)32-14-19-45(28-48-22-23-50-24-26-56(54,55)27-25-50)21-20-42(5)34(37(32)45)12-13-36-41(4)17-15-33(30-8-10-31(11-9-30)38(51)52)40(2,3)35(41)16-18-43(36,42)6/h8-11,15,29,32,34-37,48H,12-14,16-28H2,1-7H3,(H,49,53)(H,51,52)/t29?,32-,34+,35-,36+,37+,41-,42+,43+,45?/m0/s1. The van der Waals surface area contributed by atoms with Gasteiger partial charge in [0.25, 0.3) is 5.91 Å². The van der Waals surface area contributed by atoms with Crippen LogP contribution in [0.15, 0.2) is 30.3 Å². The molecule has 3 N–H and O–H groups in total. The van der Waals surface area contributed by atoms with E-state index in [0.717, 1.165) is 83.0 Å². The van der Waals surface area contributed by atoms with Crippen LogP contribution in [-0.4, -0.2) is 86.5 Å². The van der Waals surface area contributed by atoms with Crippen molar-refractivity contribution in [1.82, 2.24) is 15.5 Å². The average molecular weight is 800 g/mol. The highest BCUT2D eigenvalue weighted by atomic mass is 32.2. The summed E-state index contributed by atoms with van der Waals surface area (Å²) in [6.45, 7) is 18.8. The third-order valence-corrected chi connectivity index (χ3v) is 19.2. The molecular weight excluding hydrogens is 733 g/mol. The summed E-state index contributed by atoms with van der Waals surface area (Å²) in [7, 11) is -2.93. The zero-order valence-electron chi connectivity index (χ0n) is 34.9. The second-order valence-corrected chi connectivity index (χ2v) is 22.8. The first-order valence-electron chi connectivity index (χ1n) is 21.4. The van der Waals surface area contributed by atoms with E-state index < -0.39 is 27.6 Å². The van der Waals surface area contributed by atoms with E-state index in [2.05, 4.69) is 56.2 Å². The molecule has 10 atom stereocenters. The van der Waals surface area contributed by atoms with E-state index in [1.165, 1.54) is 5.57 Å². The fraction of sp³-hybridized carbons (Fsp3) is 0.778. The van der Waals surface area contributed by atoms with E-state index in [-0.39, 0.29) is 50.5 Å². The molecule has 312 valence electrons. The zero-order chi connectivity index (χ0) is 40.7. The van der Waals surface area contributed by atoms with Crippen molar-refractivity contribution < 1.29 is 31.9 Å². The van der Waals surface area contributed by atoms with Gasteiger partial charge in [0.1, 0.15) is 0 Å². The maximum atomic E-state index is 14.2. The summed E-state index contributed by atoms with van der Waals surface area (Å²) >= 11 is 0. The van der Waals surface area contributed by atoms with E-state index in [1.54, 1.807) is 12.1 Å². The lowest BCUT2D eigenvalue weighted by Crippen LogP contribution is -2.66. The van der Waals surface area contributed by atoms with Crippen molar-refractivity contribution >= 4 is 27.3 Å². The molecule has 1 heterocycles. The van der Waals surface area contributed by atoms with E-state index in [0.29, 0.717) is 49.2 Å². The molecule has 0 bridgehead atoms. The van der Waals surface area contributed by atoms with Gasteiger partial charge in [0, 0.05) is 45.7 Å². The molecule has 11 heteroatoms. The molecule has 5 fully saturated rings. The van der Waals surface area contributed by atoms with E-state index in [1.807, 2.05) is 19.1 Å². The van der Waals surface area contributed by atoms with Crippen LogP contribution in [0.2, 0.25) is 0 Å². The molecule has 1 aliphatic heterocycles. The first kappa shape index (κ1) is 41.8. The van der Waals surface area contributed by atoms with Crippen molar-refractivity contribution in [2.24, 2.45) is 56.7 Å². The van der Waals surface area contributed by atoms with Crippen LogP contribution in [0.25, 0.3) is 5.57 Å². The predicted molar refractivity (Wildman–Crippen MR) is 217 cm³/mol. The van der Waals surface area contributed by atoms with Gasteiger partial charge < -0.3 is 20.6 Å². The van der Waals surface area contributed by atoms with Crippen LogP contribution in [-0.2, 0) is 14.6 Å². The van der Waals surface area contributed by atoms with Crippen molar-refractivity contribution in [1.29, 1.82) is 0 Å². The number of rotatable bonds is 10. The van der Waals surface area contributed by atoms with E-state index in [4.69, 9.17) is 0 Å². The number of allylic oxidation sites excluding steroid dienone is 2. The number of carbonyl (C=O) groups excluding carboxylic acids is 1. The van der Waals surface area contributed by atoms with Crippen LogP contribution in [0, 0.1) is 56.7 Å². The molecule has 5 aliphatic carbocycles. The van der Waals surface area contributed by atoms with Gasteiger partial charge in [-0.2, -0.15) is 8.78 Å². The Morgan fingerprint density at radius 1 is 0.929 bits per heavy atom. The summed E-state index contributed by atoms with van der Waals surface area (Å²) in [4.78, 5) is 26.5. The number of nitrogens with zero attached hydrogens (tertiary/aromatic N) is 1. The van der Waals surface area contributed by atoms with Gasteiger partial charge in [0.15, 0.2) is 9.84 Å². The first-order chi connectivity index (χ1) is 26.1. The van der Waals surface area contributed by atoms with Gasteiger partial charge in [0.05, 0.1) is 17.1 Å². The van der Waals surface area contributed by atoms with Gasteiger partial charge in [-0.05, 0) is 145 Å². The summed E-state index contributed by atoms with van der Waals surface area (Å²) in [6, 6.07) is 7.04. The molecule has 0 radical (unpaired) electrons. The summed E-state index contributed by atoms with van der Waals surface area (Å²) in [5, 5.41) is 16.1. The minimum absolute atomic E-state index is 0.0127. The number of aromatic carboxylic acids is 1. The lowest BCUT2D eigenvalue weighted by Gasteiger charge is -2.72. The van der Waals surface area contributed by atoms with Gasteiger partial charge in [0.2, 0.25) is 0 Å². The average Bonchev–Trinajstić information content (AvgIpc) is 3.50. The minimum Gasteiger partial charge on any atom is -0.478 e. The Labute approximate surface area is 334 Å². The number of carboxylic acid groups (broad SMARTS) is 1. The van der Waals surface area contributed by atoms with Crippen LogP contribution in [0.4, 0.5) is 8.78 Å². The quantitative estimate of drug-likeness (QED) is 0.206. The number of hydrogen-bond acceptors (Lipinski definition) is 6. The number of halogens is 2. The van der Waals surface area contributed by atoms with Crippen LogP contribution >= 0.6 is 0 Å². The highest BCUT2D eigenvalue weighted by Crippen LogP contribution is 2.77. The molecule has 1 saturated heterocycles.